The maximum atomic E-state index is 13.5. The summed E-state index contributed by atoms with van der Waals surface area (Å²) in [5.74, 6) is -0.943. The average molecular weight is 835 g/mol. The Hall–Kier alpha value is -5.25. The molecular weight excluding hydrogens is 805 g/mol. The second kappa shape index (κ2) is 17.5. The van der Waals surface area contributed by atoms with Crippen LogP contribution in [0, 0.1) is 6.92 Å². The Morgan fingerprint density at radius 1 is 0.800 bits per heavy atom. The minimum atomic E-state index is -4.78. The van der Waals surface area contributed by atoms with Crippen molar-refractivity contribution < 1.29 is 47.9 Å². The van der Waals surface area contributed by atoms with E-state index in [4.69, 9.17) is 8.47 Å². The monoisotopic (exact) mass is 834 g/mol. The van der Waals surface area contributed by atoms with Crippen LogP contribution < -0.4 is 25.6 Å². The van der Waals surface area contributed by atoms with Crippen molar-refractivity contribution in [3.05, 3.63) is 72.6 Å². The van der Waals surface area contributed by atoms with Crippen molar-refractivity contribution in [2.24, 2.45) is 10.2 Å². The highest BCUT2D eigenvalue weighted by Gasteiger charge is 2.28. The molecule has 21 nitrogen and oxygen atoms in total. The van der Waals surface area contributed by atoms with Gasteiger partial charge < -0.3 is 34.3 Å². The van der Waals surface area contributed by atoms with Crippen LogP contribution in [0.4, 0.5) is 46.0 Å². The molecule has 0 aliphatic heterocycles. The van der Waals surface area contributed by atoms with E-state index in [1.54, 1.807) is 25.1 Å². The lowest BCUT2D eigenvalue weighted by molar-refractivity contribution is 0.210. The van der Waals surface area contributed by atoms with Gasteiger partial charge in [-0.15, -0.1) is 5.11 Å². The molecule has 0 radical (unpaired) electrons. The number of phenolic OH excluding ortho intramolecular Hbond substituents is 1. The van der Waals surface area contributed by atoms with Gasteiger partial charge in [0.2, 0.25) is 11.9 Å². The molecule has 0 aliphatic carbocycles. The molecule has 25 heteroatoms. The Labute approximate surface area is 319 Å². The fourth-order valence-corrected chi connectivity index (χ4v) is 7.50. The van der Waals surface area contributed by atoms with Gasteiger partial charge in [-0.25, -0.2) is 0 Å². The molecule has 5 aromatic rings. The quantitative estimate of drug-likeness (QED) is 0.0329. The van der Waals surface area contributed by atoms with Gasteiger partial charge >= 0.3 is 10.1 Å². The van der Waals surface area contributed by atoms with Crippen molar-refractivity contribution in [2.75, 3.05) is 33.2 Å². The fraction of sp³-hybridized carbons (Fsp3) is 0.167. The minimum absolute atomic E-state index is 0.0429. The van der Waals surface area contributed by atoms with Crippen LogP contribution in [0.3, 0.4) is 0 Å². The van der Waals surface area contributed by atoms with Crippen LogP contribution in [-0.2, 0) is 51.2 Å². The Morgan fingerprint density at radius 2 is 1.47 bits per heavy atom. The first-order valence-electron chi connectivity index (χ1n) is 15.6. The average Bonchev–Trinajstić information content (AvgIpc) is 3.10. The number of aromatic nitrogens is 3. The van der Waals surface area contributed by atoms with Crippen LogP contribution in [0.1, 0.15) is 19.7 Å². The third-order valence-corrected chi connectivity index (χ3v) is 10.3. The number of phenols is 1. The third-order valence-electron chi connectivity index (χ3n) is 6.94. The predicted molar refractivity (Wildman–Crippen MR) is 200 cm³/mol. The van der Waals surface area contributed by atoms with Crippen molar-refractivity contribution >= 4 is 99.6 Å². The van der Waals surface area contributed by atoms with Gasteiger partial charge in [0, 0.05) is 40.2 Å². The number of nitrogens with zero attached hydrogens (tertiary/aromatic N) is 5. The van der Waals surface area contributed by atoms with E-state index >= 15 is 0 Å². The number of benzene rings is 4. The first kappa shape index (κ1) is 40.9. The van der Waals surface area contributed by atoms with Crippen LogP contribution >= 0.6 is 0 Å². The molecule has 0 spiro atoms. The highest BCUT2D eigenvalue weighted by atomic mass is 32.2. The van der Waals surface area contributed by atoms with E-state index in [9.17, 15) is 39.5 Å². The zero-order valence-corrected chi connectivity index (χ0v) is 31.9. The maximum absolute atomic E-state index is 13.5. The Morgan fingerprint density at radius 3 is 2.13 bits per heavy atom. The molecule has 0 saturated carbocycles. The Balaban J connectivity index is 1.72. The first-order valence-corrected chi connectivity index (χ1v) is 20.6. The topological polar surface area (TPSA) is 311 Å². The van der Waals surface area contributed by atoms with E-state index in [2.05, 4.69) is 50.7 Å². The van der Waals surface area contributed by atoms with Gasteiger partial charge in [-0.1, -0.05) is 25.1 Å². The number of aromatic hydroxyl groups is 1. The van der Waals surface area contributed by atoms with E-state index in [0.717, 1.165) is 18.2 Å². The predicted octanol–water partition coefficient (Wildman–Crippen LogP) is 4.31. The Kier molecular flexibility index (Phi) is 13.0. The smallest absolute Gasteiger partial charge is 0.315 e. The van der Waals surface area contributed by atoms with Crippen LogP contribution in [0.15, 0.2) is 86.7 Å². The number of rotatable bonds is 17. The molecule has 1 heterocycles. The molecule has 0 aliphatic rings. The van der Waals surface area contributed by atoms with E-state index < -0.39 is 64.0 Å². The van der Waals surface area contributed by atoms with Crippen molar-refractivity contribution in [2.45, 2.75) is 30.6 Å². The van der Waals surface area contributed by atoms with Crippen LogP contribution in [-0.4, -0.2) is 67.6 Å². The van der Waals surface area contributed by atoms with Crippen molar-refractivity contribution in [1.29, 1.82) is 0 Å². The molecule has 0 amide bonds. The molecule has 55 heavy (non-hydrogen) atoms. The summed E-state index contributed by atoms with van der Waals surface area (Å²) in [6, 6.07) is 15.0. The number of hydroxylamine groups is 1. The molecule has 0 bridgehead atoms. The largest absolute Gasteiger partial charge is 0.755 e. The number of hydrogen-bond acceptors (Lipinski definition) is 19. The van der Waals surface area contributed by atoms with Gasteiger partial charge in [0.05, 0.1) is 34.3 Å². The van der Waals surface area contributed by atoms with Crippen molar-refractivity contribution in [3.63, 3.8) is 0 Å². The number of aryl methyl sites for hydroxylation is 1. The lowest BCUT2D eigenvalue weighted by Crippen LogP contribution is -2.20. The van der Waals surface area contributed by atoms with E-state index in [1.165, 1.54) is 44.2 Å². The molecule has 0 fully saturated rings. The molecule has 5 rings (SSSR count). The summed E-state index contributed by atoms with van der Waals surface area (Å²) in [6.07, 6.45) is 0. The summed E-state index contributed by atoms with van der Waals surface area (Å²) in [5, 5.41) is 25.2. The standard InChI is InChI=1S/C30H32N10O11S4/c1-4-31-51-55(48,49)25-14-18-13-21(54(46,47)50-5-2)16-24(26(18)28(41)27(25)38-37-19-9-8-10-20(15-19)39-52(42)43)35-30-33-17(3)32-29(36-30)34-22-11-6-7-12-23(22)40-53(44)45/h6-16,31,39-41H,4-5H2,1-3H3,(H,42,43)(H,44,45)(H2,32,33,34,35,36)/p-2. The van der Waals surface area contributed by atoms with Gasteiger partial charge in [-0.3, -0.25) is 12.6 Å². The number of anilines is 6. The first-order chi connectivity index (χ1) is 26.1. The normalized spacial score (nSPS) is 13.1. The molecule has 2 atom stereocenters. The number of fused-ring (bicyclic) bond motifs is 1. The van der Waals surface area contributed by atoms with Gasteiger partial charge in [0.15, 0.2) is 5.75 Å². The molecule has 6 N–H and O–H groups in total. The number of hydrogen-bond donors (Lipinski definition) is 6. The van der Waals surface area contributed by atoms with Crippen LogP contribution in [0.5, 0.6) is 5.75 Å². The van der Waals surface area contributed by atoms with E-state index in [1.807, 2.05) is 0 Å². The summed E-state index contributed by atoms with van der Waals surface area (Å²) in [7, 11) is -9.25. The summed E-state index contributed by atoms with van der Waals surface area (Å²) in [4.78, 5) is 11.6. The second-order valence-corrected chi connectivity index (χ2v) is 15.3. The number of azo groups is 1. The fourth-order valence-electron chi connectivity index (χ4n) is 4.84. The van der Waals surface area contributed by atoms with Gasteiger partial charge in [0.25, 0.3) is 10.1 Å². The summed E-state index contributed by atoms with van der Waals surface area (Å²) < 4.78 is 113. The van der Waals surface area contributed by atoms with Crippen molar-refractivity contribution in [3.8, 4) is 5.75 Å². The van der Waals surface area contributed by atoms with Crippen LogP contribution in [0.25, 0.3) is 10.8 Å². The van der Waals surface area contributed by atoms with Gasteiger partial charge in [-0.2, -0.15) is 46.7 Å². The zero-order chi connectivity index (χ0) is 39.9. The second-order valence-electron chi connectivity index (χ2n) is 10.8. The highest BCUT2D eigenvalue weighted by molar-refractivity contribution is 7.87. The van der Waals surface area contributed by atoms with Gasteiger partial charge in [0.1, 0.15) is 16.4 Å². The molecular formula is C30H30N10O11S4-2. The zero-order valence-electron chi connectivity index (χ0n) is 28.7. The summed E-state index contributed by atoms with van der Waals surface area (Å²) in [6.45, 7) is 4.31. The molecule has 1 aromatic heterocycles. The molecule has 292 valence electrons. The third kappa shape index (κ3) is 10.3. The SMILES string of the molecule is CCNOS(=O)(=O)c1cc2cc(S(=O)(=O)OCC)cc(Nc3nc(C)nc(Nc4ccccc4NS(=O)[O-])n3)c2c(O)c1N=Nc1cccc(NS(=O)[O-])c1. The van der Waals surface area contributed by atoms with E-state index in [-0.39, 0.29) is 70.1 Å². The van der Waals surface area contributed by atoms with Gasteiger partial charge in [-0.05, 0) is 67.8 Å². The van der Waals surface area contributed by atoms with Crippen LogP contribution in [0.2, 0.25) is 0 Å². The lowest BCUT2D eigenvalue weighted by Gasteiger charge is -2.17. The Bertz CT molecular complexity index is 2540. The number of para-hydroxylation sites is 2. The van der Waals surface area contributed by atoms with E-state index in [0.29, 0.717) is 0 Å². The van der Waals surface area contributed by atoms with Crippen molar-refractivity contribution in [1.82, 2.24) is 20.4 Å². The number of nitrogens with one attached hydrogen (secondary N) is 5. The maximum Gasteiger partial charge on any atom is 0.315 e. The lowest BCUT2D eigenvalue weighted by atomic mass is 10.1. The molecule has 2 unspecified atom stereocenters. The minimum Gasteiger partial charge on any atom is -0.755 e. The summed E-state index contributed by atoms with van der Waals surface area (Å²) in [5.41, 5.74) is 1.98. The molecule has 4 aromatic carbocycles. The summed E-state index contributed by atoms with van der Waals surface area (Å²) >= 11 is -5.32. The highest BCUT2D eigenvalue weighted by Crippen LogP contribution is 2.46. The molecule has 0 saturated heterocycles.